The van der Waals surface area contributed by atoms with Crippen LogP contribution in [0.15, 0.2) is 0 Å². The number of hydrogen-bond donors (Lipinski definition) is 2. The molecule has 84 valence electrons. The van der Waals surface area contributed by atoms with Crippen LogP contribution in [0, 0.1) is 0 Å². The first-order valence-electron chi connectivity index (χ1n) is 3.70. The quantitative estimate of drug-likeness (QED) is 0.728. The van der Waals surface area contributed by atoms with Crippen molar-refractivity contribution in [3.8, 4) is 0 Å². The maximum Gasteiger partial charge on any atom is 0.405 e. The number of urea groups is 1. The van der Waals surface area contributed by atoms with Crippen LogP contribution in [0.2, 0.25) is 0 Å². The topological polar surface area (TPSA) is 58.2 Å². The van der Waals surface area contributed by atoms with E-state index >= 15 is 0 Å². The molecule has 0 aromatic heterocycles. The van der Waals surface area contributed by atoms with Crippen molar-refractivity contribution in [2.24, 2.45) is 0 Å². The molecule has 2 N–H and O–H groups in total. The number of amides is 2. The molecule has 0 aliphatic rings. The summed E-state index contributed by atoms with van der Waals surface area (Å²) in [6, 6.07) is -0.909. The van der Waals surface area contributed by atoms with Gasteiger partial charge in [-0.15, -0.1) is 0 Å². The molecule has 0 saturated heterocycles. The molecule has 0 radical (unpaired) electrons. The Labute approximate surface area is 81.7 Å². The number of halogens is 3. The molecule has 0 rings (SSSR count). The van der Waals surface area contributed by atoms with Crippen LogP contribution in [0.5, 0.6) is 0 Å². The molecule has 14 heavy (non-hydrogen) atoms. The van der Waals surface area contributed by atoms with Gasteiger partial charge in [0.15, 0.2) is 0 Å². The number of carbonyl (C=O) groups excluding carboxylic acids is 1. The predicted molar refractivity (Wildman–Crippen MR) is 46.4 cm³/mol. The normalized spacial score (nSPS) is 13.4. The number of rotatable bonds is 4. The van der Waals surface area contributed by atoms with Crippen molar-refractivity contribution in [2.75, 3.05) is 25.1 Å². The Bertz CT molecular complexity index is 220. The van der Waals surface area contributed by atoms with E-state index in [0.717, 1.165) is 0 Å². The van der Waals surface area contributed by atoms with Crippen LogP contribution in [-0.4, -0.2) is 41.5 Å². The molecule has 0 bridgehead atoms. The van der Waals surface area contributed by atoms with Gasteiger partial charge in [0.1, 0.15) is 6.54 Å². The zero-order chi connectivity index (χ0) is 11.2. The van der Waals surface area contributed by atoms with Crippen LogP contribution in [-0.2, 0) is 10.8 Å². The molecule has 0 spiro atoms. The van der Waals surface area contributed by atoms with Gasteiger partial charge in [-0.25, -0.2) is 4.79 Å². The maximum atomic E-state index is 11.6. The zero-order valence-electron chi connectivity index (χ0n) is 7.48. The monoisotopic (exact) mass is 232 g/mol. The maximum absolute atomic E-state index is 11.6. The van der Waals surface area contributed by atoms with Crippen LogP contribution in [0.25, 0.3) is 0 Å². The average Bonchev–Trinajstić information content (AvgIpc) is 1.99. The highest BCUT2D eigenvalue weighted by atomic mass is 32.2. The SMILES string of the molecule is CS(=O)CCNC(=O)NCC(F)(F)F. The van der Waals surface area contributed by atoms with Crippen molar-refractivity contribution in [3.63, 3.8) is 0 Å². The van der Waals surface area contributed by atoms with Crippen LogP contribution < -0.4 is 10.6 Å². The second kappa shape index (κ2) is 5.84. The highest BCUT2D eigenvalue weighted by molar-refractivity contribution is 7.84. The Morgan fingerprint density at radius 2 is 1.93 bits per heavy atom. The minimum Gasteiger partial charge on any atom is -0.337 e. The zero-order valence-corrected chi connectivity index (χ0v) is 8.30. The lowest BCUT2D eigenvalue weighted by Crippen LogP contribution is -2.41. The molecule has 0 fully saturated rings. The minimum atomic E-state index is -4.41. The summed E-state index contributed by atoms with van der Waals surface area (Å²) in [6.45, 7) is -1.28. The summed E-state index contributed by atoms with van der Waals surface area (Å²) in [6.07, 6.45) is -2.97. The van der Waals surface area contributed by atoms with Gasteiger partial charge in [-0.2, -0.15) is 13.2 Å². The summed E-state index contributed by atoms with van der Waals surface area (Å²) < 4.78 is 45.2. The summed E-state index contributed by atoms with van der Waals surface area (Å²) in [5.74, 6) is 0.222. The highest BCUT2D eigenvalue weighted by Gasteiger charge is 2.27. The Morgan fingerprint density at radius 1 is 1.36 bits per heavy atom. The molecule has 1 atom stereocenters. The molecule has 0 aliphatic heterocycles. The van der Waals surface area contributed by atoms with E-state index in [0.29, 0.717) is 0 Å². The molecule has 2 amide bonds. The van der Waals surface area contributed by atoms with E-state index in [1.807, 2.05) is 0 Å². The van der Waals surface area contributed by atoms with Crippen molar-refractivity contribution in [1.82, 2.24) is 10.6 Å². The lowest BCUT2D eigenvalue weighted by molar-refractivity contribution is -0.122. The number of carbonyl (C=O) groups is 1. The van der Waals surface area contributed by atoms with Crippen molar-refractivity contribution in [1.29, 1.82) is 0 Å². The molecule has 0 aromatic rings. The third kappa shape index (κ3) is 9.30. The molecular weight excluding hydrogens is 221 g/mol. The Kier molecular flexibility index (Phi) is 5.51. The third-order valence-corrected chi connectivity index (χ3v) is 1.90. The van der Waals surface area contributed by atoms with Gasteiger partial charge in [-0.05, 0) is 0 Å². The minimum absolute atomic E-state index is 0.0901. The van der Waals surface area contributed by atoms with Crippen molar-refractivity contribution >= 4 is 16.8 Å². The van der Waals surface area contributed by atoms with E-state index in [9.17, 15) is 22.2 Å². The van der Waals surface area contributed by atoms with E-state index < -0.39 is 29.6 Å². The summed E-state index contributed by atoms with van der Waals surface area (Å²) in [5.41, 5.74) is 0. The number of hydrogen-bond acceptors (Lipinski definition) is 2. The van der Waals surface area contributed by atoms with Gasteiger partial charge in [-0.1, -0.05) is 0 Å². The first-order chi connectivity index (χ1) is 6.31. The van der Waals surface area contributed by atoms with Crippen molar-refractivity contribution in [2.45, 2.75) is 6.18 Å². The fourth-order valence-electron chi connectivity index (χ4n) is 0.551. The number of alkyl halides is 3. The van der Waals surface area contributed by atoms with E-state index in [-0.39, 0.29) is 12.3 Å². The summed E-state index contributed by atoms with van der Waals surface area (Å²) in [5, 5.41) is 3.77. The second-order valence-electron chi connectivity index (χ2n) is 2.50. The molecule has 0 aromatic carbocycles. The van der Waals surface area contributed by atoms with Crippen LogP contribution in [0.1, 0.15) is 0 Å². The average molecular weight is 232 g/mol. The lowest BCUT2D eigenvalue weighted by atomic mass is 10.6. The summed E-state index contributed by atoms with van der Waals surface area (Å²) >= 11 is 0. The van der Waals surface area contributed by atoms with Crippen LogP contribution in [0.3, 0.4) is 0 Å². The van der Waals surface area contributed by atoms with Gasteiger partial charge in [0, 0.05) is 29.4 Å². The Morgan fingerprint density at radius 3 is 2.36 bits per heavy atom. The van der Waals surface area contributed by atoms with E-state index in [1.54, 1.807) is 5.32 Å². The lowest BCUT2D eigenvalue weighted by Gasteiger charge is -2.08. The van der Waals surface area contributed by atoms with Crippen molar-refractivity contribution in [3.05, 3.63) is 0 Å². The number of nitrogens with one attached hydrogen (secondary N) is 2. The largest absolute Gasteiger partial charge is 0.405 e. The molecular formula is C6H11F3N2O2S. The molecule has 0 saturated carbocycles. The van der Waals surface area contributed by atoms with Gasteiger partial charge in [0.05, 0.1) is 0 Å². The first kappa shape index (κ1) is 13.2. The second-order valence-corrected chi connectivity index (χ2v) is 4.06. The smallest absolute Gasteiger partial charge is 0.337 e. The molecule has 4 nitrogen and oxygen atoms in total. The molecule has 0 aliphatic carbocycles. The fourth-order valence-corrected chi connectivity index (χ4v) is 0.941. The van der Waals surface area contributed by atoms with E-state index in [4.69, 9.17) is 0 Å². The van der Waals surface area contributed by atoms with E-state index in [2.05, 4.69) is 5.32 Å². The fraction of sp³-hybridized carbons (Fsp3) is 0.833. The Balaban J connectivity index is 3.52. The standard InChI is InChI=1S/C6H11F3N2O2S/c1-14(13)3-2-10-5(12)11-4-6(7,8)9/h2-4H2,1H3,(H2,10,11,12). The highest BCUT2D eigenvalue weighted by Crippen LogP contribution is 2.11. The predicted octanol–water partition coefficient (Wildman–Crippen LogP) is 0.226. The summed E-state index contributed by atoms with van der Waals surface area (Å²) in [4.78, 5) is 10.7. The van der Waals surface area contributed by atoms with Gasteiger partial charge >= 0.3 is 12.2 Å². The molecule has 1 unspecified atom stereocenters. The van der Waals surface area contributed by atoms with Gasteiger partial charge in [0.2, 0.25) is 0 Å². The van der Waals surface area contributed by atoms with E-state index in [1.165, 1.54) is 6.26 Å². The Hall–Kier alpha value is -0.790. The molecule has 0 heterocycles. The van der Waals surface area contributed by atoms with Gasteiger partial charge in [-0.3, -0.25) is 4.21 Å². The third-order valence-electron chi connectivity index (χ3n) is 1.12. The van der Waals surface area contributed by atoms with Crippen LogP contribution in [0.4, 0.5) is 18.0 Å². The first-order valence-corrected chi connectivity index (χ1v) is 5.42. The van der Waals surface area contributed by atoms with Crippen LogP contribution >= 0.6 is 0 Å². The van der Waals surface area contributed by atoms with Gasteiger partial charge in [0.25, 0.3) is 0 Å². The van der Waals surface area contributed by atoms with Gasteiger partial charge < -0.3 is 10.6 Å². The summed E-state index contributed by atoms with van der Waals surface area (Å²) in [7, 11) is -1.07. The molecule has 8 heteroatoms. The van der Waals surface area contributed by atoms with Crippen molar-refractivity contribution < 1.29 is 22.2 Å².